The van der Waals surface area contributed by atoms with Crippen LogP contribution in [0.15, 0.2) is 59.9 Å². The van der Waals surface area contributed by atoms with Gasteiger partial charge >= 0.3 is 0 Å². The van der Waals surface area contributed by atoms with Crippen LogP contribution in [0.1, 0.15) is 5.56 Å². The van der Waals surface area contributed by atoms with Crippen LogP contribution < -0.4 is 10.5 Å². The number of nitrogens with two attached hydrogens (primary N) is 1. The molecule has 0 unspecified atom stereocenters. The fourth-order valence-corrected chi connectivity index (χ4v) is 3.03. The summed E-state index contributed by atoms with van der Waals surface area (Å²) in [6, 6.07) is 17.4. The molecule has 0 radical (unpaired) electrons. The number of ether oxygens (including phenoxy) is 1. The Labute approximate surface area is 159 Å². The number of hydrogen-bond acceptors (Lipinski definition) is 7. The van der Waals surface area contributed by atoms with Gasteiger partial charge in [0.1, 0.15) is 23.2 Å². The molecule has 0 saturated heterocycles. The lowest BCUT2D eigenvalue weighted by Gasteiger charge is -2.11. The Morgan fingerprint density at radius 3 is 2.74 bits per heavy atom. The molecular formula is C19H14N6OS. The van der Waals surface area contributed by atoms with E-state index in [2.05, 4.69) is 15.1 Å². The Bertz CT molecular complexity index is 1180. The van der Waals surface area contributed by atoms with Crippen LogP contribution in [0, 0.1) is 11.3 Å². The Kier molecular flexibility index (Phi) is 4.36. The van der Waals surface area contributed by atoms with Crippen molar-refractivity contribution < 1.29 is 4.74 Å². The Morgan fingerprint density at radius 2 is 1.96 bits per heavy atom. The summed E-state index contributed by atoms with van der Waals surface area (Å²) < 4.78 is 7.46. The molecule has 0 aliphatic carbocycles. The third-order valence-corrected chi connectivity index (χ3v) is 4.51. The summed E-state index contributed by atoms with van der Waals surface area (Å²) in [4.78, 5) is 8.84. The SMILES string of the molecule is CSc1nc(Oc2cccc3ccccc23)cc(-n2ncc(C#N)c2N)n1. The summed E-state index contributed by atoms with van der Waals surface area (Å²) in [6.07, 6.45) is 3.27. The predicted molar refractivity (Wildman–Crippen MR) is 104 cm³/mol. The zero-order valence-corrected chi connectivity index (χ0v) is 15.1. The summed E-state index contributed by atoms with van der Waals surface area (Å²) in [5.74, 6) is 1.72. The van der Waals surface area contributed by atoms with Gasteiger partial charge in [0.2, 0.25) is 5.88 Å². The molecule has 2 heterocycles. The number of rotatable bonds is 4. The van der Waals surface area contributed by atoms with E-state index in [1.54, 1.807) is 6.07 Å². The smallest absolute Gasteiger partial charge is 0.225 e. The molecule has 132 valence electrons. The van der Waals surface area contributed by atoms with Gasteiger partial charge in [-0.2, -0.15) is 20.0 Å². The number of nitrogens with zero attached hydrogens (tertiary/aromatic N) is 5. The first-order chi connectivity index (χ1) is 13.2. The van der Waals surface area contributed by atoms with Crippen molar-refractivity contribution in [3.63, 3.8) is 0 Å². The van der Waals surface area contributed by atoms with Crippen LogP contribution in [0.4, 0.5) is 5.82 Å². The van der Waals surface area contributed by atoms with Crippen molar-refractivity contribution >= 4 is 28.4 Å². The van der Waals surface area contributed by atoms with Crippen molar-refractivity contribution in [2.45, 2.75) is 5.16 Å². The normalized spacial score (nSPS) is 10.7. The lowest BCUT2D eigenvalue weighted by molar-refractivity contribution is 0.459. The molecule has 4 aromatic rings. The van der Waals surface area contributed by atoms with Gasteiger partial charge in [0.05, 0.1) is 6.20 Å². The lowest BCUT2D eigenvalue weighted by Crippen LogP contribution is -2.06. The van der Waals surface area contributed by atoms with Gasteiger partial charge in [-0.3, -0.25) is 0 Å². The van der Waals surface area contributed by atoms with Crippen LogP contribution in [-0.4, -0.2) is 26.0 Å². The summed E-state index contributed by atoms with van der Waals surface area (Å²) in [5.41, 5.74) is 6.27. The molecule has 4 rings (SSSR count). The van der Waals surface area contributed by atoms with E-state index in [1.165, 1.54) is 22.6 Å². The fourth-order valence-electron chi connectivity index (χ4n) is 2.67. The van der Waals surface area contributed by atoms with Crippen molar-refractivity contribution in [1.82, 2.24) is 19.7 Å². The number of benzene rings is 2. The molecule has 0 amide bonds. The number of nitriles is 1. The van der Waals surface area contributed by atoms with Crippen molar-refractivity contribution in [2.75, 3.05) is 12.0 Å². The van der Waals surface area contributed by atoms with E-state index in [-0.39, 0.29) is 11.4 Å². The van der Waals surface area contributed by atoms with Crippen molar-refractivity contribution in [1.29, 1.82) is 5.26 Å². The molecule has 0 spiro atoms. The van der Waals surface area contributed by atoms with Crippen molar-refractivity contribution in [3.05, 3.63) is 60.3 Å². The van der Waals surface area contributed by atoms with Gasteiger partial charge < -0.3 is 10.5 Å². The van der Waals surface area contributed by atoms with E-state index in [1.807, 2.05) is 54.8 Å². The van der Waals surface area contributed by atoms with Crippen LogP contribution in [0.3, 0.4) is 0 Å². The standard InChI is InChI=1S/C19H14N6OS/c1-27-19-23-16(25-18(21)13(10-20)11-22-25)9-17(24-19)26-15-8-4-6-12-5-2-3-7-14(12)15/h2-9,11H,21H2,1H3. The summed E-state index contributed by atoms with van der Waals surface area (Å²) in [6.45, 7) is 0. The van der Waals surface area contributed by atoms with Gasteiger partial charge in [0.15, 0.2) is 11.0 Å². The molecule has 2 aromatic carbocycles. The van der Waals surface area contributed by atoms with Crippen LogP contribution >= 0.6 is 11.8 Å². The molecular weight excluding hydrogens is 360 g/mol. The minimum atomic E-state index is 0.222. The fraction of sp³-hybridized carbons (Fsp3) is 0.0526. The predicted octanol–water partition coefficient (Wildman–Crippen LogP) is 3.78. The number of nitrogen functional groups attached to an aromatic ring is 1. The van der Waals surface area contributed by atoms with Gasteiger partial charge in [0.25, 0.3) is 0 Å². The van der Waals surface area contributed by atoms with Gasteiger partial charge in [-0.05, 0) is 17.7 Å². The van der Waals surface area contributed by atoms with Crippen LogP contribution in [-0.2, 0) is 0 Å². The summed E-state index contributed by atoms with van der Waals surface area (Å²) in [5, 5.41) is 15.8. The van der Waals surface area contributed by atoms with E-state index < -0.39 is 0 Å². The molecule has 27 heavy (non-hydrogen) atoms. The second-order valence-corrected chi connectivity index (χ2v) is 6.37. The molecule has 0 saturated carbocycles. The molecule has 0 aliphatic rings. The highest BCUT2D eigenvalue weighted by Crippen LogP contribution is 2.30. The van der Waals surface area contributed by atoms with Gasteiger partial charge in [-0.25, -0.2) is 4.98 Å². The number of aromatic nitrogens is 4. The number of fused-ring (bicyclic) bond motifs is 1. The Hall–Kier alpha value is -3.57. The third kappa shape index (κ3) is 3.16. The molecule has 0 bridgehead atoms. The maximum atomic E-state index is 9.08. The first kappa shape index (κ1) is 16.9. The second-order valence-electron chi connectivity index (χ2n) is 5.60. The average molecular weight is 374 g/mol. The molecule has 8 heteroatoms. The van der Waals surface area contributed by atoms with Crippen LogP contribution in [0.5, 0.6) is 11.6 Å². The van der Waals surface area contributed by atoms with E-state index in [0.717, 1.165) is 10.8 Å². The largest absolute Gasteiger partial charge is 0.438 e. The second kappa shape index (κ2) is 6.97. The molecule has 0 fully saturated rings. The number of thioether (sulfide) groups is 1. The zero-order valence-electron chi connectivity index (χ0n) is 14.3. The van der Waals surface area contributed by atoms with Crippen LogP contribution in [0.2, 0.25) is 0 Å². The topological polar surface area (TPSA) is 103 Å². The van der Waals surface area contributed by atoms with Gasteiger partial charge in [-0.15, -0.1) is 0 Å². The molecule has 2 aromatic heterocycles. The first-order valence-electron chi connectivity index (χ1n) is 8.02. The minimum absolute atomic E-state index is 0.222. The molecule has 0 atom stereocenters. The van der Waals surface area contributed by atoms with E-state index in [9.17, 15) is 0 Å². The zero-order chi connectivity index (χ0) is 18.8. The average Bonchev–Trinajstić information content (AvgIpc) is 3.08. The van der Waals surface area contributed by atoms with Crippen molar-refractivity contribution in [3.8, 4) is 23.5 Å². The number of hydrogen-bond donors (Lipinski definition) is 1. The highest BCUT2D eigenvalue weighted by Gasteiger charge is 2.14. The highest BCUT2D eigenvalue weighted by atomic mass is 32.2. The molecule has 2 N–H and O–H groups in total. The quantitative estimate of drug-likeness (QED) is 0.428. The van der Waals surface area contributed by atoms with Gasteiger partial charge in [-0.1, -0.05) is 48.2 Å². The summed E-state index contributed by atoms with van der Waals surface area (Å²) in [7, 11) is 0. The maximum absolute atomic E-state index is 9.08. The monoisotopic (exact) mass is 374 g/mol. The van der Waals surface area contributed by atoms with E-state index in [4.69, 9.17) is 15.7 Å². The maximum Gasteiger partial charge on any atom is 0.225 e. The lowest BCUT2D eigenvalue weighted by atomic mass is 10.1. The van der Waals surface area contributed by atoms with E-state index >= 15 is 0 Å². The number of anilines is 1. The van der Waals surface area contributed by atoms with E-state index in [0.29, 0.717) is 22.6 Å². The first-order valence-corrected chi connectivity index (χ1v) is 9.24. The molecule has 7 nitrogen and oxygen atoms in total. The summed E-state index contributed by atoms with van der Waals surface area (Å²) >= 11 is 1.38. The van der Waals surface area contributed by atoms with Crippen LogP contribution in [0.25, 0.3) is 16.6 Å². The molecule has 0 aliphatic heterocycles. The highest BCUT2D eigenvalue weighted by molar-refractivity contribution is 7.98. The Morgan fingerprint density at radius 1 is 1.15 bits per heavy atom. The van der Waals surface area contributed by atoms with Crippen molar-refractivity contribution in [2.24, 2.45) is 0 Å². The van der Waals surface area contributed by atoms with Gasteiger partial charge in [0, 0.05) is 11.5 Å². The minimum Gasteiger partial charge on any atom is -0.438 e. The Balaban J connectivity index is 1.79. The third-order valence-electron chi connectivity index (χ3n) is 3.96.